The lowest BCUT2D eigenvalue weighted by atomic mass is 10.5. The summed E-state index contributed by atoms with van der Waals surface area (Å²) < 4.78 is 12.9. The van der Waals surface area contributed by atoms with Gasteiger partial charge < -0.3 is 8.85 Å². The molecule has 0 unspecified atom stereocenters. The van der Waals surface area contributed by atoms with Crippen LogP contribution in [0.4, 0.5) is 0 Å². The zero-order chi connectivity index (χ0) is 15.1. The molecule has 0 heterocycles. The average Bonchev–Trinajstić information content (AvgIpc) is 2.35. The Morgan fingerprint density at radius 2 is 0.895 bits per heavy atom. The highest BCUT2D eigenvalue weighted by molar-refractivity contribution is 6.91. The maximum atomic E-state index is 6.47. The van der Waals surface area contributed by atoms with Crippen molar-refractivity contribution in [2.24, 2.45) is 0 Å². The fourth-order valence-corrected chi connectivity index (χ4v) is 16.0. The van der Waals surface area contributed by atoms with Gasteiger partial charge in [-0.3, -0.25) is 0 Å². The third kappa shape index (κ3) is 6.11. The van der Waals surface area contributed by atoms with Gasteiger partial charge in [0.15, 0.2) is 16.6 Å². The molecule has 0 bridgehead atoms. The quantitative estimate of drug-likeness (QED) is 0.507. The predicted molar refractivity (Wildman–Crippen MR) is 90.7 cm³/mol. The molecule has 0 fully saturated rings. The summed E-state index contributed by atoms with van der Waals surface area (Å²) >= 11 is 0. The zero-order valence-electron chi connectivity index (χ0n) is 14.5. The molecule has 0 aromatic rings. The van der Waals surface area contributed by atoms with Crippen LogP contribution in [0.25, 0.3) is 0 Å². The molecular weight excluding hydrogens is 268 g/mol. The molecular formula is C15H36O2Si2. The van der Waals surface area contributed by atoms with Gasteiger partial charge in [0.2, 0.25) is 0 Å². The van der Waals surface area contributed by atoms with E-state index in [1.807, 2.05) is 0 Å². The van der Waals surface area contributed by atoms with Gasteiger partial charge in [-0.15, -0.1) is 0 Å². The molecule has 0 saturated carbocycles. The van der Waals surface area contributed by atoms with Gasteiger partial charge in [-0.1, -0.05) is 27.7 Å². The molecule has 0 aromatic heterocycles. The average molecular weight is 305 g/mol. The van der Waals surface area contributed by atoms with Gasteiger partial charge in [0, 0.05) is 12.2 Å². The first kappa shape index (κ1) is 19.4. The topological polar surface area (TPSA) is 18.5 Å². The van der Waals surface area contributed by atoms with Crippen molar-refractivity contribution < 1.29 is 8.85 Å². The fraction of sp³-hybridized carbons (Fsp3) is 1.00. The third-order valence-corrected chi connectivity index (χ3v) is 16.4. The minimum absolute atomic E-state index is 0.353. The van der Waals surface area contributed by atoms with Crippen molar-refractivity contribution in [2.75, 3.05) is 0 Å². The van der Waals surface area contributed by atoms with E-state index in [2.05, 4.69) is 55.4 Å². The van der Waals surface area contributed by atoms with E-state index in [4.69, 9.17) is 8.85 Å². The molecule has 0 radical (unpaired) electrons. The van der Waals surface area contributed by atoms with E-state index in [0.29, 0.717) is 12.2 Å². The summed E-state index contributed by atoms with van der Waals surface area (Å²) in [6.45, 7) is 18.0. The SMILES string of the molecule is CC[Si](CC)(C[Si](CC)(CC)OC(C)C)OC(C)C. The van der Waals surface area contributed by atoms with Crippen LogP contribution in [0.3, 0.4) is 0 Å². The maximum Gasteiger partial charge on any atom is 0.192 e. The van der Waals surface area contributed by atoms with Gasteiger partial charge in [-0.25, -0.2) is 0 Å². The lowest BCUT2D eigenvalue weighted by molar-refractivity contribution is 0.213. The zero-order valence-corrected chi connectivity index (χ0v) is 16.5. The maximum absolute atomic E-state index is 6.47. The van der Waals surface area contributed by atoms with E-state index >= 15 is 0 Å². The van der Waals surface area contributed by atoms with Crippen molar-refractivity contribution in [1.82, 2.24) is 0 Å². The molecule has 0 aliphatic carbocycles. The van der Waals surface area contributed by atoms with Crippen LogP contribution in [-0.4, -0.2) is 28.8 Å². The molecule has 0 aromatic carbocycles. The largest absolute Gasteiger partial charge is 0.415 e. The Bertz CT molecular complexity index is 210. The Morgan fingerprint density at radius 1 is 0.632 bits per heavy atom. The Hall–Kier alpha value is 0.354. The van der Waals surface area contributed by atoms with Gasteiger partial charge in [-0.05, 0) is 57.5 Å². The molecule has 0 rings (SSSR count). The Kier molecular flexibility index (Phi) is 8.76. The van der Waals surface area contributed by atoms with E-state index in [9.17, 15) is 0 Å². The first-order chi connectivity index (χ1) is 8.78. The number of hydrogen-bond donors (Lipinski definition) is 0. The molecule has 4 heteroatoms. The molecule has 0 spiro atoms. The lowest BCUT2D eigenvalue weighted by Gasteiger charge is -2.40. The van der Waals surface area contributed by atoms with E-state index < -0.39 is 16.6 Å². The van der Waals surface area contributed by atoms with E-state index in [-0.39, 0.29) is 0 Å². The predicted octanol–water partition coefficient (Wildman–Crippen LogP) is 5.35. The Labute approximate surface area is 123 Å². The summed E-state index contributed by atoms with van der Waals surface area (Å²) in [4.78, 5) is 0. The van der Waals surface area contributed by atoms with Crippen LogP contribution in [0.1, 0.15) is 55.4 Å². The molecule has 2 nitrogen and oxygen atoms in total. The van der Waals surface area contributed by atoms with Crippen LogP contribution in [0.2, 0.25) is 29.8 Å². The molecule has 0 N–H and O–H groups in total. The third-order valence-electron chi connectivity index (χ3n) is 4.19. The van der Waals surface area contributed by atoms with Gasteiger partial charge >= 0.3 is 0 Å². The molecule has 116 valence electrons. The summed E-state index contributed by atoms with van der Waals surface area (Å²) in [5, 5.41) is 0. The summed E-state index contributed by atoms with van der Waals surface area (Å²) in [5.74, 6) is 0. The van der Waals surface area contributed by atoms with Crippen LogP contribution in [0.5, 0.6) is 0 Å². The molecule has 0 amide bonds. The Morgan fingerprint density at radius 3 is 1.05 bits per heavy atom. The second-order valence-corrected chi connectivity index (χ2v) is 15.7. The van der Waals surface area contributed by atoms with Crippen molar-refractivity contribution in [3.05, 3.63) is 0 Å². The van der Waals surface area contributed by atoms with Crippen LogP contribution < -0.4 is 0 Å². The molecule has 0 saturated heterocycles. The highest BCUT2D eigenvalue weighted by Gasteiger charge is 2.44. The van der Waals surface area contributed by atoms with Crippen molar-refractivity contribution in [1.29, 1.82) is 0 Å². The van der Waals surface area contributed by atoms with Crippen LogP contribution in [0, 0.1) is 0 Å². The van der Waals surface area contributed by atoms with Crippen LogP contribution >= 0.6 is 0 Å². The van der Waals surface area contributed by atoms with Crippen LogP contribution in [0.15, 0.2) is 0 Å². The number of hydrogen-bond acceptors (Lipinski definition) is 2. The highest BCUT2D eigenvalue weighted by atomic mass is 28.4. The summed E-state index contributed by atoms with van der Waals surface area (Å²) in [5.41, 5.74) is 1.27. The smallest absolute Gasteiger partial charge is 0.192 e. The van der Waals surface area contributed by atoms with Gasteiger partial charge in [0.05, 0.1) is 0 Å². The number of rotatable bonds is 10. The van der Waals surface area contributed by atoms with Crippen molar-refractivity contribution >= 4 is 16.6 Å². The molecule has 0 atom stereocenters. The minimum atomic E-state index is -1.61. The highest BCUT2D eigenvalue weighted by Crippen LogP contribution is 2.34. The van der Waals surface area contributed by atoms with Crippen molar-refractivity contribution in [3.63, 3.8) is 0 Å². The van der Waals surface area contributed by atoms with Crippen LogP contribution in [-0.2, 0) is 8.85 Å². The van der Waals surface area contributed by atoms with Gasteiger partial charge in [-0.2, -0.15) is 0 Å². The summed E-state index contributed by atoms with van der Waals surface area (Å²) in [6.07, 6.45) is 0.706. The van der Waals surface area contributed by atoms with E-state index in [1.54, 1.807) is 0 Å². The second kappa shape index (κ2) is 8.60. The summed E-state index contributed by atoms with van der Waals surface area (Å²) in [6, 6.07) is 4.88. The lowest BCUT2D eigenvalue weighted by Crippen LogP contribution is -2.51. The first-order valence-electron chi connectivity index (χ1n) is 8.14. The standard InChI is InChI=1S/C15H36O2Si2/c1-9-18(10-2,16-14(5)6)13-19(11-3,12-4)17-15(7)8/h14-15H,9-13H2,1-8H3. The molecule has 0 aliphatic rings. The van der Waals surface area contributed by atoms with Gasteiger partial charge in [0.1, 0.15) is 0 Å². The monoisotopic (exact) mass is 304 g/mol. The molecule has 19 heavy (non-hydrogen) atoms. The first-order valence-corrected chi connectivity index (χ1v) is 13.2. The fourth-order valence-electron chi connectivity index (χ4n) is 3.00. The van der Waals surface area contributed by atoms with E-state index in [0.717, 1.165) is 0 Å². The molecule has 0 aliphatic heterocycles. The van der Waals surface area contributed by atoms with Crippen molar-refractivity contribution in [3.8, 4) is 0 Å². The summed E-state index contributed by atoms with van der Waals surface area (Å²) in [7, 11) is -3.23. The normalized spacial score (nSPS) is 13.6. The minimum Gasteiger partial charge on any atom is -0.415 e. The van der Waals surface area contributed by atoms with Gasteiger partial charge in [0.25, 0.3) is 0 Å². The van der Waals surface area contributed by atoms with Crippen molar-refractivity contribution in [2.45, 2.75) is 97.4 Å². The van der Waals surface area contributed by atoms with E-state index in [1.165, 1.54) is 29.8 Å². The second-order valence-electron chi connectivity index (χ2n) is 6.29. The Balaban J connectivity index is 5.12.